The number of methoxy groups -OCH3 is 1. The molecule has 0 heterocycles. The zero-order valence-electron chi connectivity index (χ0n) is 10.4. The van der Waals surface area contributed by atoms with E-state index in [9.17, 15) is 9.59 Å². The predicted octanol–water partition coefficient (Wildman–Crippen LogP) is 0.477. The van der Waals surface area contributed by atoms with Gasteiger partial charge in [0.25, 0.3) is 0 Å². The molecule has 0 bridgehead atoms. The second kappa shape index (κ2) is 6.73. The Labute approximate surface area is 105 Å². The van der Waals surface area contributed by atoms with Gasteiger partial charge >= 0.3 is 0 Å². The minimum Gasteiger partial charge on any atom is -0.375 e. The van der Waals surface area contributed by atoms with Crippen LogP contribution in [0.3, 0.4) is 0 Å². The van der Waals surface area contributed by atoms with Crippen LogP contribution in [-0.4, -0.2) is 32.1 Å². The maximum Gasteiger partial charge on any atom is 0.250 e. The van der Waals surface area contributed by atoms with Crippen molar-refractivity contribution in [2.45, 2.75) is 6.92 Å². The van der Waals surface area contributed by atoms with E-state index in [1.807, 2.05) is 13.0 Å². The average molecular weight is 251 g/mol. The molecule has 0 spiro atoms. The van der Waals surface area contributed by atoms with Crippen LogP contribution in [0.2, 0.25) is 0 Å². The summed E-state index contributed by atoms with van der Waals surface area (Å²) in [5.74, 6) is -0.604. The summed E-state index contributed by atoms with van der Waals surface area (Å²) in [5.41, 5.74) is 7.24. The number of nitrogens with one attached hydrogen (secondary N) is 2. The molecule has 0 aliphatic carbocycles. The number of aryl methyl sites for hydroxylation is 1. The number of carbonyl (C=O) groups is 2. The molecule has 0 atom stereocenters. The number of nitrogens with two attached hydrogens (primary N) is 1. The molecule has 0 saturated heterocycles. The van der Waals surface area contributed by atoms with Crippen molar-refractivity contribution in [1.82, 2.24) is 0 Å². The molecule has 6 nitrogen and oxygen atoms in total. The van der Waals surface area contributed by atoms with Crippen molar-refractivity contribution in [3.63, 3.8) is 0 Å². The van der Waals surface area contributed by atoms with Crippen molar-refractivity contribution < 1.29 is 14.3 Å². The largest absolute Gasteiger partial charge is 0.375 e. The first-order valence-corrected chi connectivity index (χ1v) is 5.46. The van der Waals surface area contributed by atoms with Crippen LogP contribution < -0.4 is 16.4 Å². The fraction of sp³-hybridized carbons (Fsp3) is 0.333. The van der Waals surface area contributed by atoms with E-state index >= 15 is 0 Å². The summed E-state index contributed by atoms with van der Waals surface area (Å²) in [4.78, 5) is 22.7. The molecule has 0 aliphatic rings. The number of ether oxygens (including phenoxy) is 1. The van der Waals surface area contributed by atoms with E-state index in [0.717, 1.165) is 5.56 Å². The molecule has 1 aromatic rings. The molecule has 98 valence electrons. The number of rotatable bonds is 5. The molecule has 2 amide bonds. The Hall–Kier alpha value is -1.92. The van der Waals surface area contributed by atoms with Crippen LogP contribution in [-0.2, 0) is 14.3 Å². The van der Waals surface area contributed by atoms with E-state index in [4.69, 9.17) is 10.5 Å². The molecule has 0 aromatic heterocycles. The van der Waals surface area contributed by atoms with Gasteiger partial charge in [0, 0.05) is 7.11 Å². The van der Waals surface area contributed by atoms with Crippen molar-refractivity contribution in [1.29, 1.82) is 0 Å². The number of hydrogen-bond donors (Lipinski definition) is 3. The summed E-state index contributed by atoms with van der Waals surface area (Å²) in [7, 11) is 1.44. The molecule has 18 heavy (non-hydrogen) atoms. The third kappa shape index (κ3) is 4.15. The van der Waals surface area contributed by atoms with Crippen LogP contribution in [0.5, 0.6) is 0 Å². The summed E-state index contributed by atoms with van der Waals surface area (Å²) in [6.07, 6.45) is 0. The molecule has 4 N–H and O–H groups in total. The van der Waals surface area contributed by atoms with Gasteiger partial charge in [0.2, 0.25) is 11.8 Å². The van der Waals surface area contributed by atoms with Crippen LogP contribution in [0, 0.1) is 6.92 Å². The molecule has 0 fully saturated rings. The van der Waals surface area contributed by atoms with Crippen molar-refractivity contribution in [3.8, 4) is 0 Å². The van der Waals surface area contributed by atoms with Crippen LogP contribution in [0.25, 0.3) is 0 Å². The molecule has 0 unspecified atom stereocenters. The molecule has 0 aliphatic heterocycles. The van der Waals surface area contributed by atoms with E-state index in [-0.39, 0.29) is 25.0 Å². The van der Waals surface area contributed by atoms with E-state index in [2.05, 4.69) is 10.6 Å². The standard InChI is InChI=1S/C12H17N3O3/c1-8-3-4-9(14-12(17)7-18-2)10(5-8)15-11(16)6-13/h3-5H,6-7,13H2,1-2H3,(H,14,17)(H,15,16). The lowest BCUT2D eigenvalue weighted by molar-refractivity contribution is -0.119. The fourth-order valence-electron chi connectivity index (χ4n) is 1.39. The third-order valence-corrected chi connectivity index (χ3v) is 2.18. The smallest absolute Gasteiger partial charge is 0.250 e. The van der Waals surface area contributed by atoms with Gasteiger partial charge in [-0.2, -0.15) is 0 Å². The lowest BCUT2D eigenvalue weighted by Gasteiger charge is -2.12. The third-order valence-electron chi connectivity index (χ3n) is 2.18. The van der Waals surface area contributed by atoms with Crippen LogP contribution >= 0.6 is 0 Å². The first-order chi connectivity index (χ1) is 8.56. The van der Waals surface area contributed by atoms with Gasteiger partial charge in [-0.1, -0.05) is 6.07 Å². The second-order valence-corrected chi connectivity index (χ2v) is 3.78. The quantitative estimate of drug-likeness (QED) is 0.709. The molecule has 1 rings (SSSR count). The Morgan fingerprint density at radius 2 is 1.89 bits per heavy atom. The second-order valence-electron chi connectivity index (χ2n) is 3.78. The Morgan fingerprint density at radius 1 is 1.22 bits per heavy atom. The molecule has 6 heteroatoms. The Kier molecular flexibility index (Phi) is 5.29. The maximum absolute atomic E-state index is 11.4. The van der Waals surface area contributed by atoms with Gasteiger partial charge in [-0.05, 0) is 24.6 Å². The highest BCUT2D eigenvalue weighted by atomic mass is 16.5. The van der Waals surface area contributed by atoms with Gasteiger partial charge in [-0.25, -0.2) is 0 Å². The van der Waals surface area contributed by atoms with Crippen LogP contribution in [0.15, 0.2) is 18.2 Å². The summed E-state index contributed by atoms with van der Waals surface area (Å²) >= 11 is 0. The van der Waals surface area contributed by atoms with Gasteiger partial charge in [-0.15, -0.1) is 0 Å². The van der Waals surface area contributed by atoms with E-state index in [1.165, 1.54) is 7.11 Å². The number of benzene rings is 1. The van der Waals surface area contributed by atoms with Gasteiger partial charge < -0.3 is 21.1 Å². The van der Waals surface area contributed by atoms with Gasteiger partial charge in [0.05, 0.1) is 17.9 Å². The summed E-state index contributed by atoms with van der Waals surface area (Å²) in [5, 5.41) is 5.28. The van der Waals surface area contributed by atoms with Crippen LogP contribution in [0.1, 0.15) is 5.56 Å². The number of amides is 2. The first kappa shape index (κ1) is 14.1. The average Bonchev–Trinajstić information content (AvgIpc) is 2.33. The number of anilines is 2. The Morgan fingerprint density at radius 3 is 2.50 bits per heavy atom. The summed E-state index contributed by atoms with van der Waals surface area (Å²) in [6.45, 7) is 1.73. The highest BCUT2D eigenvalue weighted by Crippen LogP contribution is 2.22. The SMILES string of the molecule is COCC(=O)Nc1ccc(C)cc1NC(=O)CN. The Bertz CT molecular complexity index is 446. The molecule has 0 saturated carbocycles. The normalized spacial score (nSPS) is 9.94. The van der Waals surface area contributed by atoms with Crippen molar-refractivity contribution >= 4 is 23.2 Å². The van der Waals surface area contributed by atoms with Crippen LogP contribution in [0.4, 0.5) is 11.4 Å². The van der Waals surface area contributed by atoms with E-state index < -0.39 is 0 Å². The predicted molar refractivity (Wildman–Crippen MR) is 69.4 cm³/mol. The highest BCUT2D eigenvalue weighted by Gasteiger charge is 2.09. The first-order valence-electron chi connectivity index (χ1n) is 5.46. The van der Waals surface area contributed by atoms with E-state index in [1.54, 1.807) is 12.1 Å². The lowest BCUT2D eigenvalue weighted by atomic mass is 10.2. The minimum absolute atomic E-state index is 0.0435. The van der Waals surface area contributed by atoms with Crippen molar-refractivity contribution in [3.05, 3.63) is 23.8 Å². The van der Waals surface area contributed by atoms with Crippen molar-refractivity contribution in [2.75, 3.05) is 30.9 Å². The molecular formula is C12H17N3O3. The monoisotopic (exact) mass is 251 g/mol. The fourth-order valence-corrected chi connectivity index (χ4v) is 1.39. The minimum atomic E-state index is -0.317. The zero-order chi connectivity index (χ0) is 13.5. The number of hydrogen-bond acceptors (Lipinski definition) is 4. The summed E-state index contributed by atoms with van der Waals surface area (Å²) < 4.78 is 4.72. The zero-order valence-corrected chi connectivity index (χ0v) is 10.4. The topological polar surface area (TPSA) is 93.5 Å². The molecule has 1 aromatic carbocycles. The molecule has 0 radical (unpaired) electrons. The maximum atomic E-state index is 11.4. The molecular weight excluding hydrogens is 234 g/mol. The highest BCUT2D eigenvalue weighted by molar-refractivity contribution is 6.00. The lowest BCUT2D eigenvalue weighted by Crippen LogP contribution is -2.24. The summed E-state index contributed by atoms with van der Waals surface area (Å²) in [6, 6.07) is 5.31. The van der Waals surface area contributed by atoms with Gasteiger partial charge in [0.15, 0.2) is 0 Å². The van der Waals surface area contributed by atoms with E-state index in [0.29, 0.717) is 11.4 Å². The van der Waals surface area contributed by atoms with Gasteiger partial charge in [-0.3, -0.25) is 9.59 Å². The number of carbonyl (C=O) groups excluding carboxylic acids is 2. The van der Waals surface area contributed by atoms with Gasteiger partial charge in [0.1, 0.15) is 6.61 Å². The Balaban J connectivity index is 2.89. The van der Waals surface area contributed by atoms with Crippen molar-refractivity contribution in [2.24, 2.45) is 5.73 Å².